The lowest BCUT2D eigenvalue weighted by molar-refractivity contribution is 1.39. The van der Waals surface area contributed by atoms with E-state index in [9.17, 15) is 0 Å². The Hall–Kier alpha value is -1.93. The van der Waals surface area contributed by atoms with Crippen LogP contribution in [-0.4, -0.2) is 4.98 Å². The number of aromatic nitrogens is 1. The van der Waals surface area contributed by atoms with Crippen LogP contribution in [0.2, 0.25) is 0 Å². The molecule has 0 aliphatic carbocycles. The molecule has 0 radical (unpaired) electrons. The number of pyridine rings is 1. The lowest BCUT2D eigenvalue weighted by Gasteiger charge is -2.07. The minimum Gasteiger partial charge on any atom is -0.240 e. The molecule has 90 valence electrons. The highest BCUT2D eigenvalue weighted by Gasteiger charge is 2.07. The zero-order chi connectivity index (χ0) is 12.8. The van der Waals surface area contributed by atoms with Crippen molar-refractivity contribution in [1.29, 1.82) is 0 Å². The third-order valence-electron chi connectivity index (χ3n) is 3.52. The van der Waals surface area contributed by atoms with Crippen molar-refractivity contribution in [2.24, 2.45) is 0 Å². The van der Waals surface area contributed by atoms with Gasteiger partial charge in [-0.05, 0) is 50.3 Å². The van der Waals surface area contributed by atoms with Crippen molar-refractivity contribution >= 4 is 48.4 Å². The molecule has 0 amide bonds. The fourth-order valence-electron chi connectivity index (χ4n) is 2.60. The molecule has 0 N–H and O–H groups in total. The molecule has 0 spiro atoms. The molecule has 1 heterocycles. The first kappa shape index (κ1) is 10.9. The zero-order valence-corrected chi connectivity index (χ0v) is 11.7. The third kappa shape index (κ3) is 1.64. The molecule has 4 aromatic rings. The van der Waals surface area contributed by atoms with Gasteiger partial charge in [-0.3, -0.25) is 0 Å². The van der Waals surface area contributed by atoms with Crippen molar-refractivity contribution in [1.82, 2.24) is 4.98 Å². The first-order valence-corrected chi connectivity index (χ1v) is 6.99. The predicted molar refractivity (Wildman–Crippen MR) is 84.5 cm³/mol. The summed E-state index contributed by atoms with van der Waals surface area (Å²) in [6, 6.07) is 21.1. The van der Waals surface area contributed by atoms with Gasteiger partial charge in [-0.1, -0.05) is 42.5 Å². The fraction of sp³-hybridized carbons (Fsp3) is 0. The van der Waals surface area contributed by atoms with E-state index in [1.54, 1.807) is 0 Å². The Labute approximate surface area is 119 Å². The van der Waals surface area contributed by atoms with E-state index in [1.165, 1.54) is 21.5 Å². The van der Waals surface area contributed by atoms with Crippen molar-refractivity contribution in [3.63, 3.8) is 0 Å². The van der Waals surface area contributed by atoms with Crippen LogP contribution in [0, 0.1) is 0 Å². The topological polar surface area (TPSA) is 12.9 Å². The molecule has 0 bridgehead atoms. The van der Waals surface area contributed by atoms with Crippen molar-refractivity contribution in [3.05, 3.63) is 65.3 Å². The van der Waals surface area contributed by atoms with Gasteiger partial charge in [0.2, 0.25) is 0 Å². The second kappa shape index (κ2) is 4.04. The molecule has 3 aromatic carbocycles. The maximum absolute atomic E-state index is 4.63. The van der Waals surface area contributed by atoms with E-state index < -0.39 is 0 Å². The Balaban J connectivity index is 2.30. The Morgan fingerprint density at radius 2 is 1.32 bits per heavy atom. The van der Waals surface area contributed by atoms with E-state index in [2.05, 4.69) is 75.5 Å². The van der Waals surface area contributed by atoms with Crippen molar-refractivity contribution in [3.8, 4) is 0 Å². The van der Waals surface area contributed by atoms with Gasteiger partial charge in [0, 0.05) is 10.8 Å². The first-order valence-electron chi connectivity index (χ1n) is 6.20. The molecule has 1 aromatic heterocycles. The molecule has 0 saturated carbocycles. The number of hydrogen-bond acceptors (Lipinski definition) is 1. The van der Waals surface area contributed by atoms with Gasteiger partial charge in [-0.15, -0.1) is 0 Å². The number of fused-ring (bicyclic) bond motifs is 4. The molecule has 4 rings (SSSR count). The lowest BCUT2D eigenvalue weighted by Crippen LogP contribution is -1.85. The van der Waals surface area contributed by atoms with Gasteiger partial charge in [0.15, 0.2) is 0 Å². The lowest BCUT2D eigenvalue weighted by atomic mass is 10.0. The number of hydrogen-bond donors (Lipinski definition) is 0. The number of benzene rings is 3. The third-order valence-corrected chi connectivity index (χ3v) is 4.13. The predicted octanol–water partition coefficient (Wildman–Crippen LogP) is 5.30. The van der Waals surface area contributed by atoms with Crippen molar-refractivity contribution in [2.45, 2.75) is 0 Å². The van der Waals surface area contributed by atoms with E-state index in [4.69, 9.17) is 0 Å². The average Bonchev–Trinajstić information content (AvgIpc) is 2.46. The Bertz CT molecular complexity index is 928. The highest BCUT2D eigenvalue weighted by atomic mass is 79.9. The smallest absolute Gasteiger partial charge is 0.114 e. The fourth-order valence-corrected chi connectivity index (χ4v) is 3.12. The van der Waals surface area contributed by atoms with Gasteiger partial charge in [0.05, 0.1) is 5.52 Å². The quantitative estimate of drug-likeness (QED) is 0.244. The van der Waals surface area contributed by atoms with Crippen molar-refractivity contribution in [2.75, 3.05) is 0 Å². The number of rotatable bonds is 0. The van der Waals surface area contributed by atoms with Crippen molar-refractivity contribution < 1.29 is 0 Å². The minimum atomic E-state index is 0.909. The van der Waals surface area contributed by atoms with Crippen LogP contribution < -0.4 is 0 Å². The van der Waals surface area contributed by atoms with E-state index >= 15 is 0 Å². The summed E-state index contributed by atoms with van der Waals surface area (Å²) >= 11 is 3.59. The molecule has 0 unspecified atom stereocenters. The summed E-state index contributed by atoms with van der Waals surface area (Å²) in [7, 11) is 0. The number of halogens is 1. The van der Waals surface area contributed by atoms with Gasteiger partial charge in [-0.2, -0.15) is 0 Å². The molecule has 0 atom stereocenters. The highest BCUT2D eigenvalue weighted by Crippen LogP contribution is 2.32. The Morgan fingerprint density at radius 3 is 2.11 bits per heavy atom. The van der Waals surface area contributed by atoms with Crippen LogP contribution in [-0.2, 0) is 0 Å². The molecule has 0 aliphatic heterocycles. The standard InChI is InChI=1S/C17H10BrN/c18-17-15-10-12-6-2-1-5-11(12)9-14(15)13-7-3-4-8-16(13)19-17/h1-10H. The van der Waals surface area contributed by atoms with Crippen LogP contribution in [0.4, 0.5) is 0 Å². The van der Waals surface area contributed by atoms with Crippen LogP contribution in [0.15, 0.2) is 65.3 Å². The molecule has 0 fully saturated rings. The van der Waals surface area contributed by atoms with Crippen LogP contribution in [0.5, 0.6) is 0 Å². The SMILES string of the molecule is Brc1nc2ccccc2c2cc3ccccc3cc12. The Kier molecular flexibility index (Phi) is 2.32. The summed E-state index contributed by atoms with van der Waals surface area (Å²) in [5, 5.41) is 6.12. The summed E-state index contributed by atoms with van der Waals surface area (Å²) in [4.78, 5) is 4.63. The maximum atomic E-state index is 4.63. The van der Waals surface area contributed by atoms with Gasteiger partial charge in [0.1, 0.15) is 4.60 Å². The molecule has 2 heteroatoms. The highest BCUT2D eigenvalue weighted by molar-refractivity contribution is 9.10. The zero-order valence-electron chi connectivity index (χ0n) is 10.1. The van der Waals surface area contributed by atoms with Gasteiger partial charge in [0.25, 0.3) is 0 Å². The number of para-hydroxylation sites is 1. The van der Waals surface area contributed by atoms with Crippen LogP contribution in [0.3, 0.4) is 0 Å². The van der Waals surface area contributed by atoms with E-state index in [0.29, 0.717) is 0 Å². The van der Waals surface area contributed by atoms with E-state index in [1.807, 2.05) is 6.07 Å². The molecule has 1 nitrogen and oxygen atoms in total. The average molecular weight is 308 g/mol. The molecular formula is C17H10BrN. The first-order chi connectivity index (χ1) is 9.33. The second-order valence-electron chi connectivity index (χ2n) is 4.66. The van der Waals surface area contributed by atoms with Gasteiger partial charge < -0.3 is 0 Å². The summed E-state index contributed by atoms with van der Waals surface area (Å²) in [5.74, 6) is 0. The largest absolute Gasteiger partial charge is 0.240 e. The minimum absolute atomic E-state index is 0.909. The molecular weight excluding hydrogens is 298 g/mol. The number of nitrogens with zero attached hydrogens (tertiary/aromatic N) is 1. The van der Waals surface area contributed by atoms with Crippen LogP contribution in [0.25, 0.3) is 32.4 Å². The van der Waals surface area contributed by atoms with E-state index in [0.717, 1.165) is 15.5 Å². The Morgan fingerprint density at radius 1 is 0.684 bits per heavy atom. The summed E-state index contributed by atoms with van der Waals surface area (Å²) < 4.78 is 0.909. The van der Waals surface area contributed by atoms with Crippen LogP contribution >= 0.6 is 15.9 Å². The maximum Gasteiger partial charge on any atom is 0.114 e. The normalized spacial score (nSPS) is 11.4. The molecule has 0 aliphatic rings. The van der Waals surface area contributed by atoms with E-state index in [-0.39, 0.29) is 0 Å². The summed E-state index contributed by atoms with van der Waals surface area (Å²) in [6.45, 7) is 0. The molecule has 0 saturated heterocycles. The van der Waals surface area contributed by atoms with Crippen LogP contribution in [0.1, 0.15) is 0 Å². The molecule has 19 heavy (non-hydrogen) atoms. The summed E-state index contributed by atoms with van der Waals surface area (Å²) in [5.41, 5.74) is 1.03. The second-order valence-corrected chi connectivity index (χ2v) is 5.42. The van der Waals surface area contributed by atoms with Gasteiger partial charge >= 0.3 is 0 Å². The summed E-state index contributed by atoms with van der Waals surface area (Å²) in [6.07, 6.45) is 0. The monoisotopic (exact) mass is 307 g/mol. The van der Waals surface area contributed by atoms with Gasteiger partial charge in [-0.25, -0.2) is 4.98 Å².